The average Bonchev–Trinajstić information content (AvgIpc) is 2.90. The Morgan fingerprint density at radius 2 is 1.66 bits per heavy atom. The van der Waals surface area contributed by atoms with Crippen LogP contribution in [0.15, 0.2) is 54.6 Å². The van der Waals surface area contributed by atoms with Crippen molar-refractivity contribution in [2.24, 2.45) is 0 Å². The number of piperazine rings is 1. The summed E-state index contributed by atoms with van der Waals surface area (Å²) in [5, 5.41) is 9.95. The van der Waals surface area contributed by atoms with E-state index in [0.717, 1.165) is 63.9 Å². The van der Waals surface area contributed by atoms with Crippen molar-refractivity contribution in [3.63, 3.8) is 0 Å². The Bertz CT molecular complexity index is 1150. The predicted molar refractivity (Wildman–Crippen MR) is 137 cm³/mol. The van der Waals surface area contributed by atoms with Gasteiger partial charge in [0.15, 0.2) is 11.7 Å². The molecule has 7 heteroatoms. The lowest BCUT2D eigenvalue weighted by Gasteiger charge is -2.36. The number of carbonyl (C=O) groups is 1. The highest BCUT2D eigenvalue weighted by molar-refractivity contribution is 5.85. The molecule has 3 aromatic rings. The number of para-hydroxylation sites is 2. The quantitative estimate of drug-likeness (QED) is 0.314. The van der Waals surface area contributed by atoms with E-state index in [9.17, 15) is 10.1 Å². The average molecular weight is 472 g/mol. The van der Waals surface area contributed by atoms with Crippen LogP contribution in [-0.4, -0.2) is 53.6 Å². The minimum atomic E-state index is -1.10. The second kappa shape index (κ2) is 12.3. The molecule has 35 heavy (non-hydrogen) atoms. The van der Waals surface area contributed by atoms with Crippen LogP contribution in [0.3, 0.4) is 0 Å². The molecule has 0 spiro atoms. The number of hydrogen-bond acceptors (Lipinski definition) is 7. The number of carbonyl (C=O) groups excluding carboxylic acids is 1. The van der Waals surface area contributed by atoms with Crippen LogP contribution < -0.4 is 4.90 Å². The fourth-order valence-corrected chi connectivity index (χ4v) is 4.40. The van der Waals surface area contributed by atoms with Crippen molar-refractivity contribution >= 4 is 22.8 Å². The molecular formula is C28H33N5O2. The maximum Gasteiger partial charge on any atom is 0.329 e. The fourth-order valence-electron chi connectivity index (χ4n) is 4.40. The Morgan fingerprint density at radius 3 is 2.34 bits per heavy atom. The zero-order valence-electron chi connectivity index (χ0n) is 20.4. The molecule has 1 saturated heterocycles. The number of unbranched alkanes of at least 4 members (excludes halogenated alkanes) is 3. The third-order valence-electron chi connectivity index (χ3n) is 6.38. The Morgan fingerprint density at radius 1 is 0.971 bits per heavy atom. The van der Waals surface area contributed by atoms with E-state index < -0.39 is 11.9 Å². The summed E-state index contributed by atoms with van der Waals surface area (Å²) in [6.45, 7) is 6.58. The van der Waals surface area contributed by atoms with E-state index >= 15 is 0 Å². The van der Waals surface area contributed by atoms with Crippen LogP contribution in [0.2, 0.25) is 0 Å². The molecule has 1 aliphatic rings. The molecule has 0 saturated carbocycles. The Balaban J connectivity index is 1.52. The van der Waals surface area contributed by atoms with E-state index in [1.165, 1.54) is 5.56 Å². The number of fused-ring (bicyclic) bond motifs is 1. The zero-order valence-corrected chi connectivity index (χ0v) is 20.4. The summed E-state index contributed by atoms with van der Waals surface area (Å²) in [7, 11) is 0. The number of nitrogens with zero attached hydrogens (tertiary/aromatic N) is 5. The third-order valence-corrected chi connectivity index (χ3v) is 6.38. The largest absolute Gasteiger partial charge is 0.464 e. The molecule has 0 unspecified atom stereocenters. The lowest BCUT2D eigenvalue weighted by atomic mass is 10.1. The van der Waals surface area contributed by atoms with E-state index in [2.05, 4.69) is 47.1 Å². The second-order valence-corrected chi connectivity index (χ2v) is 8.96. The maximum atomic E-state index is 12.9. The molecule has 0 amide bonds. The van der Waals surface area contributed by atoms with Gasteiger partial charge in [0.1, 0.15) is 5.69 Å². The van der Waals surface area contributed by atoms with Crippen molar-refractivity contribution in [1.82, 2.24) is 14.9 Å². The molecule has 4 rings (SSSR count). The first-order valence-electron chi connectivity index (χ1n) is 12.5. The molecule has 182 valence electrons. The van der Waals surface area contributed by atoms with E-state index in [1.807, 2.05) is 30.3 Å². The van der Waals surface area contributed by atoms with Gasteiger partial charge in [-0.05, 0) is 24.1 Å². The minimum Gasteiger partial charge on any atom is -0.464 e. The van der Waals surface area contributed by atoms with Gasteiger partial charge in [0.2, 0.25) is 0 Å². The van der Waals surface area contributed by atoms with Crippen molar-refractivity contribution < 1.29 is 9.53 Å². The van der Waals surface area contributed by atoms with E-state index in [1.54, 1.807) is 0 Å². The number of rotatable bonds is 10. The van der Waals surface area contributed by atoms with Crippen molar-refractivity contribution in [3.8, 4) is 6.07 Å². The first kappa shape index (κ1) is 24.6. The molecule has 1 aromatic heterocycles. The van der Waals surface area contributed by atoms with E-state index in [4.69, 9.17) is 14.7 Å². The number of aromatic nitrogens is 2. The number of benzene rings is 2. The first-order chi connectivity index (χ1) is 17.2. The van der Waals surface area contributed by atoms with Crippen LogP contribution in [-0.2, 0) is 16.1 Å². The van der Waals surface area contributed by atoms with Crippen LogP contribution in [0, 0.1) is 11.3 Å². The Hall–Kier alpha value is -3.50. The molecule has 2 heterocycles. The molecular weight excluding hydrogens is 438 g/mol. The molecule has 1 fully saturated rings. The topological polar surface area (TPSA) is 82.3 Å². The SMILES string of the molecule is CCCCCCOC(=O)[C@@H](C#N)c1nc2ccccc2nc1N1CCN(Cc2ccccc2)CC1. The van der Waals surface area contributed by atoms with Crippen LogP contribution in [0.4, 0.5) is 5.82 Å². The summed E-state index contributed by atoms with van der Waals surface area (Å²) in [5.74, 6) is -1.04. The Labute approximate surface area is 207 Å². The van der Waals surface area contributed by atoms with Gasteiger partial charge in [0, 0.05) is 32.7 Å². The maximum absolute atomic E-state index is 12.9. The van der Waals surface area contributed by atoms with Gasteiger partial charge < -0.3 is 9.64 Å². The standard InChI is InChI=1S/C28H33N5O2/c1-2-3-4-10-19-35-28(34)23(20-29)26-27(31-25-14-9-8-13-24(25)30-26)33-17-15-32(16-18-33)21-22-11-6-5-7-12-22/h5-9,11-14,23H,2-4,10,15-19,21H2,1H3/t23-/m0/s1. The summed E-state index contributed by atoms with van der Waals surface area (Å²) in [6.07, 6.45) is 4.03. The highest BCUT2D eigenvalue weighted by Crippen LogP contribution is 2.29. The lowest BCUT2D eigenvalue weighted by molar-refractivity contribution is -0.144. The summed E-state index contributed by atoms with van der Waals surface area (Å²) in [6, 6.07) is 20.2. The normalized spacial score (nSPS) is 15.0. The Kier molecular flexibility index (Phi) is 8.63. The molecule has 0 radical (unpaired) electrons. The van der Waals surface area contributed by atoms with Crippen LogP contribution in [0.5, 0.6) is 0 Å². The molecule has 0 N–H and O–H groups in total. The van der Waals surface area contributed by atoms with Gasteiger partial charge in [-0.3, -0.25) is 9.69 Å². The van der Waals surface area contributed by atoms with Gasteiger partial charge in [0.25, 0.3) is 0 Å². The lowest BCUT2D eigenvalue weighted by Crippen LogP contribution is -2.46. The van der Waals surface area contributed by atoms with E-state index in [0.29, 0.717) is 23.6 Å². The molecule has 1 atom stereocenters. The van der Waals surface area contributed by atoms with E-state index in [-0.39, 0.29) is 0 Å². The smallest absolute Gasteiger partial charge is 0.329 e. The van der Waals surface area contributed by atoms with Gasteiger partial charge in [-0.2, -0.15) is 5.26 Å². The number of anilines is 1. The number of ether oxygens (including phenoxy) is 1. The second-order valence-electron chi connectivity index (χ2n) is 8.96. The van der Waals surface area contributed by atoms with Crippen LogP contribution in [0.1, 0.15) is 49.8 Å². The molecule has 1 aliphatic heterocycles. The van der Waals surface area contributed by atoms with Gasteiger partial charge in [-0.25, -0.2) is 9.97 Å². The van der Waals surface area contributed by atoms with Gasteiger partial charge in [0.05, 0.1) is 23.7 Å². The molecule has 7 nitrogen and oxygen atoms in total. The fraction of sp³-hybridized carbons (Fsp3) is 0.429. The monoisotopic (exact) mass is 471 g/mol. The summed E-state index contributed by atoms with van der Waals surface area (Å²) in [4.78, 5) is 27.1. The first-order valence-corrected chi connectivity index (χ1v) is 12.5. The highest BCUT2D eigenvalue weighted by atomic mass is 16.5. The van der Waals surface area contributed by atoms with Gasteiger partial charge in [-0.15, -0.1) is 0 Å². The van der Waals surface area contributed by atoms with Crippen molar-refractivity contribution in [2.45, 2.75) is 45.1 Å². The van der Waals surface area contributed by atoms with Crippen molar-refractivity contribution in [3.05, 3.63) is 65.9 Å². The summed E-state index contributed by atoms with van der Waals surface area (Å²) >= 11 is 0. The molecule has 0 bridgehead atoms. The third kappa shape index (κ3) is 6.34. The van der Waals surface area contributed by atoms with Crippen molar-refractivity contribution in [1.29, 1.82) is 5.26 Å². The minimum absolute atomic E-state index is 0.325. The van der Waals surface area contributed by atoms with Gasteiger partial charge in [-0.1, -0.05) is 68.7 Å². The van der Waals surface area contributed by atoms with Gasteiger partial charge >= 0.3 is 5.97 Å². The molecule has 0 aliphatic carbocycles. The number of esters is 1. The number of hydrogen-bond donors (Lipinski definition) is 0. The highest BCUT2D eigenvalue weighted by Gasteiger charge is 2.31. The van der Waals surface area contributed by atoms with Crippen LogP contribution in [0.25, 0.3) is 11.0 Å². The molecule has 2 aromatic carbocycles. The summed E-state index contributed by atoms with van der Waals surface area (Å²) in [5.41, 5.74) is 3.10. The summed E-state index contributed by atoms with van der Waals surface area (Å²) < 4.78 is 5.48. The number of nitriles is 1. The van der Waals surface area contributed by atoms with Crippen molar-refractivity contribution in [2.75, 3.05) is 37.7 Å². The zero-order chi connectivity index (χ0) is 24.5. The van der Waals surface area contributed by atoms with Crippen LogP contribution >= 0.6 is 0 Å². The predicted octanol–water partition coefficient (Wildman–Crippen LogP) is 4.68.